The Morgan fingerprint density at radius 3 is 1.36 bits per heavy atom. The van der Waals surface area contributed by atoms with E-state index >= 15 is 0 Å². The van der Waals surface area contributed by atoms with E-state index in [0.29, 0.717) is 90.9 Å². The molecule has 0 spiro atoms. The Labute approximate surface area is 508 Å². The highest BCUT2D eigenvalue weighted by molar-refractivity contribution is 6.13. The summed E-state index contributed by atoms with van der Waals surface area (Å²) in [5.74, 6) is 2.57. The van der Waals surface area contributed by atoms with Crippen molar-refractivity contribution in [2.24, 2.45) is 5.92 Å². The molecule has 14 nitrogen and oxygen atoms in total. The molecular formula is C72H64F2N6O8. The molecule has 0 radical (unpaired) electrons. The second-order valence-electron chi connectivity index (χ2n) is 22.6. The molecule has 0 bridgehead atoms. The predicted molar refractivity (Wildman–Crippen MR) is 335 cm³/mol. The first-order valence-electron chi connectivity index (χ1n) is 29.1. The summed E-state index contributed by atoms with van der Waals surface area (Å²) >= 11 is 0. The average Bonchev–Trinajstić information content (AvgIpc) is 1.67. The number of fused-ring (bicyclic) bond motifs is 2. The molecule has 10 aromatic rings. The highest BCUT2D eigenvalue weighted by Crippen LogP contribution is 2.47. The second kappa shape index (κ2) is 24.9. The number of hydrogen-bond acceptors (Lipinski definition) is 10. The summed E-state index contributed by atoms with van der Waals surface area (Å²) in [7, 11) is 3.10. The summed E-state index contributed by atoms with van der Waals surface area (Å²) in [6.07, 6.45) is 13.0. The lowest BCUT2D eigenvalue weighted by atomic mass is 9.94. The number of rotatable bonds is 18. The number of ether oxygens (including phenoxy) is 2. The summed E-state index contributed by atoms with van der Waals surface area (Å²) in [6.45, 7) is 8.66. The topological polar surface area (TPSA) is 187 Å². The van der Waals surface area contributed by atoms with Gasteiger partial charge in [-0.25, -0.2) is 8.78 Å². The van der Waals surface area contributed by atoms with E-state index in [1.807, 2.05) is 92.7 Å². The Morgan fingerprint density at radius 2 is 0.989 bits per heavy atom. The lowest BCUT2D eigenvalue weighted by Gasteiger charge is -2.20. The quantitative estimate of drug-likeness (QED) is 0.0602. The Balaban J connectivity index is 0.000000182. The van der Waals surface area contributed by atoms with Gasteiger partial charge < -0.3 is 39.6 Å². The van der Waals surface area contributed by atoms with Crippen molar-refractivity contribution in [3.8, 4) is 68.7 Å². The zero-order chi connectivity index (χ0) is 61.9. The molecule has 4 heterocycles. The van der Waals surface area contributed by atoms with Crippen molar-refractivity contribution >= 4 is 45.6 Å². The van der Waals surface area contributed by atoms with Crippen molar-refractivity contribution in [3.05, 3.63) is 214 Å². The third kappa shape index (κ3) is 12.2. The number of pyridine rings is 2. The number of terminal acetylenes is 1. The Hall–Kier alpha value is -10.4. The molecular weight excluding hydrogens is 1110 g/mol. The van der Waals surface area contributed by atoms with Gasteiger partial charge in [0, 0.05) is 48.4 Å². The minimum absolute atomic E-state index is 0.00702. The first-order valence-corrected chi connectivity index (χ1v) is 29.1. The number of aryl methyl sites for hydroxylation is 2. The number of aromatic nitrogens is 2. The fraction of sp³-hybridized carbons (Fsp3) is 0.222. The Bertz CT molecular complexity index is 4340. The van der Waals surface area contributed by atoms with E-state index < -0.39 is 11.1 Å². The van der Waals surface area contributed by atoms with Crippen LogP contribution in [0, 0.1) is 43.7 Å². The van der Waals surface area contributed by atoms with Gasteiger partial charge in [-0.1, -0.05) is 44.0 Å². The zero-order valence-corrected chi connectivity index (χ0v) is 49.5. The molecule has 88 heavy (non-hydrogen) atoms. The minimum Gasteiger partial charge on any atom is -0.493 e. The molecule has 4 aromatic heterocycles. The molecule has 6 aromatic carbocycles. The number of nitrogens with one attached hydrogen (secondary N) is 4. The first kappa shape index (κ1) is 59.3. The van der Waals surface area contributed by atoms with E-state index in [2.05, 4.69) is 51.0 Å². The van der Waals surface area contributed by atoms with Gasteiger partial charge in [0.1, 0.15) is 52.4 Å². The molecule has 2 fully saturated rings. The van der Waals surface area contributed by atoms with Crippen molar-refractivity contribution in [1.29, 1.82) is 0 Å². The minimum atomic E-state index is -0.526. The molecule has 0 atom stereocenters. The Morgan fingerprint density at radius 1 is 0.568 bits per heavy atom. The van der Waals surface area contributed by atoms with E-state index in [-0.39, 0.29) is 41.9 Å². The smallest absolute Gasteiger partial charge is 0.255 e. The highest BCUT2D eigenvalue weighted by atomic mass is 19.1. The van der Waals surface area contributed by atoms with E-state index in [4.69, 9.17) is 24.7 Å². The van der Waals surface area contributed by atoms with Crippen LogP contribution in [0.1, 0.15) is 110 Å². The van der Waals surface area contributed by atoms with Crippen LogP contribution < -0.4 is 30.7 Å². The number of hydrogen-bond donors (Lipinski definition) is 4. The third-order valence-electron chi connectivity index (χ3n) is 16.0. The van der Waals surface area contributed by atoms with E-state index in [1.165, 1.54) is 24.3 Å². The maximum Gasteiger partial charge on any atom is 0.255 e. The molecule has 444 valence electrons. The number of benzene rings is 6. The van der Waals surface area contributed by atoms with Gasteiger partial charge in [0.25, 0.3) is 23.6 Å². The van der Waals surface area contributed by atoms with Crippen molar-refractivity contribution < 1.29 is 46.3 Å². The average molecular weight is 1180 g/mol. The van der Waals surface area contributed by atoms with Crippen LogP contribution in [0.3, 0.4) is 0 Å². The fourth-order valence-electron chi connectivity index (χ4n) is 10.9. The van der Waals surface area contributed by atoms with Crippen molar-refractivity contribution in [2.75, 3.05) is 27.3 Å². The molecule has 4 amide bonds. The van der Waals surface area contributed by atoms with Crippen LogP contribution in [-0.4, -0.2) is 60.9 Å². The standard InChI is InChI=1S/C37H36FN3O4.C35H28FN3O4/c1-22(2)14-18-44-31-19-23(3)27(21-29(31)35(42)41-37(15-16-37)32-7-5-6-17-40-32)25-10-13-30-28(20-25)33(36(43)39-4)34(45-30)24-8-11-26(38)12-9-24;1-4-17-42-29-18-21(2)25(20-27(29)33(40)39-35(14-15-35)30-7-5-6-16-38-30)23-10-13-28-26(19-23)31(34(41)37-3)32(43-28)22-8-11-24(36)12-9-22/h5-13,17,19-22H,14-16,18H2,1-4H3,(H,39,43)(H,41,42);1,5-13,16,18-20H,14-15,17H2,2-3H3,(H,37,41)(H,39,40). The molecule has 0 aliphatic heterocycles. The van der Waals surface area contributed by atoms with Crippen molar-refractivity contribution in [2.45, 2.75) is 70.9 Å². The maximum atomic E-state index is 14.0. The normalized spacial score (nSPS) is 13.4. The molecule has 0 saturated heterocycles. The Kier molecular flexibility index (Phi) is 16.8. The van der Waals surface area contributed by atoms with Crippen LogP contribution >= 0.6 is 0 Å². The van der Waals surface area contributed by atoms with Gasteiger partial charge in [0.05, 0.1) is 51.3 Å². The summed E-state index contributed by atoms with van der Waals surface area (Å²) < 4.78 is 51.5. The molecule has 2 aliphatic carbocycles. The van der Waals surface area contributed by atoms with Gasteiger partial charge in [-0.3, -0.25) is 29.1 Å². The van der Waals surface area contributed by atoms with Gasteiger partial charge in [-0.05, 0) is 207 Å². The third-order valence-corrected chi connectivity index (χ3v) is 16.0. The van der Waals surface area contributed by atoms with E-state index in [0.717, 1.165) is 76.9 Å². The molecule has 2 saturated carbocycles. The highest BCUT2D eigenvalue weighted by Gasteiger charge is 2.48. The lowest BCUT2D eigenvalue weighted by molar-refractivity contribution is 0.0917. The number of carbonyl (C=O) groups excluding carboxylic acids is 4. The van der Waals surface area contributed by atoms with Crippen LogP contribution in [0.4, 0.5) is 8.78 Å². The van der Waals surface area contributed by atoms with Crippen LogP contribution in [0.15, 0.2) is 167 Å². The first-order chi connectivity index (χ1) is 42.5. The summed E-state index contributed by atoms with van der Waals surface area (Å²) in [5, 5.41) is 13.0. The molecule has 0 unspecified atom stereocenters. The van der Waals surface area contributed by atoms with E-state index in [1.54, 1.807) is 69.0 Å². The molecule has 16 heteroatoms. The largest absolute Gasteiger partial charge is 0.493 e. The maximum absolute atomic E-state index is 14.0. The van der Waals surface area contributed by atoms with Crippen LogP contribution in [0.2, 0.25) is 0 Å². The van der Waals surface area contributed by atoms with Gasteiger partial charge in [-0.2, -0.15) is 0 Å². The van der Waals surface area contributed by atoms with Crippen molar-refractivity contribution in [1.82, 2.24) is 31.2 Å². The monoisotopic (exact) mass is 1180 g/mol. The van der Waals surface area contributed by atoms with Crippen molar-refractivity contribution in [3.63, 3.8) is 0 Å². The second-order valence-corrected chi connectivity index (χ2v) is 22.6. The van der Waals surface area contributed by atoms with Crippen LogP contribution in [-0.2, 0) is 11.1 Å². The van der Waals surface area contributed by atoms with Gasteiger partial charge >= 0.3 is 0 Å². The summed E-state index contributed by atoms with van der Waals surface area (Å²) in [5.41, 5.74) is 9.23. The molecule has 2 aliphatic rings. The van der Waals surface area contributed by atoms with Gasteiger partial charge in [0.2, 0.25) is 0 Å². The zero-order valence-electron chi connectivity index (χ0n) is 49.5. The fourth-order valence-corrected chi connectivity index (χ4v) is 10.9. The van der Waals surface area contributed by atoms with Crippen LogP contribution in [0.25, 0.3) is 66.8 Å². The van der Waals surface area contributed by atoms with Gasteiger partial charge in [-0.15, -0.1) is 6.42 Å². The molecule has 12 rings (SSSR count). The predicted octanol–water partition coefficient (Wildman–Crippen LogP) is 14.2. The number of amides is 4. The summed E-state index contributed by atoms with van der Waals surface area (Å²) in [6, 6.07) is 41.5. The SMILES string of the molecule is C#CCOc1cc(C)c(-c2ccc3oc(-c4ccc(F)cc4)c(C(=O)NC)c3c2)cc1C(=O)NC1(c2ccccn2)CC1.CNC(=O)c1c(-c2ccc(F)cc2)oc2ccc(-c3cc(C(=O)NC4(c5ccccn5)CC4)c(OCCC(C)C)cc3C)cc12. The number of carbonyl (C=O) groups is 4. The number of furan rings is 2. The lowest BCUT2D eigenvalue weighted by Crippen LogP contribution is -2.35. The summed E-state index contributed by atoms with van der Waals surface area (Å²) in [4.78, 5) is 62.9. The van der Waals surface area contributed by atoms with Gasteiger partial charge in [0.15, 0.2) is 0 Å². The van der Waals surface area contributed by atoms with E-state index in [9.17, 15) is 28.0 Å². The number of halogens is 2. The number of nitrogens with zero attached hydrogens (tertiary/aromatic N) is 2. The van der Waals surface area contributed by atoms with Crippen LogP contribution in [0.5, 0.6) is 11.5 Å². The molecule has 4 N–H and O–H groups in total.